The molecule has 3 N–H and O–H groups in total. The number of hydrogen-bond donors (Lipinski definition) is 2. The number of aliphatic carboxylic acids is 1. The van der Waals surface area contributed by atoms with Crippen LogP contribution in [0, 0.1) is 17.3 Å². The average Bonchev–Trinajstić information content (AvgIpc) is 2.83. The Labute approximate surface area is 79.3 Å². The summed E-state index contributed by atoms with van der Waals surface area (Å²) >= 11 is 0. The molecule has 0 bridgehead atoms. The minimum Gasteiger partial charge on any atom is -0.481 e. The van der Waals surface area contributed by atoms with E-state index in [2.05, 4.69) is 13.8 Å². The van der Waals surface area contributed by atoms with Crippen LogP contribution in [0.5, 0.6) is 0 Å². The van der Waals surface area contributed by atoms with E-state index < -0.39 is 11.4 Å². The molecular weight excluding hydrogens is 166 g/mol. The smallest absolute Gasteiger partial charge is 0.311 e. The Hall–Kier alpha value is -0.570. The van der Waals surface area contributed by atoms with Crippen LogP contribution in [0.4, 0.5) is 0 Å². The van der Waals surface area contributed by atoms with Crippen LogP contribution in [-0.4, -0.2) is 17.6 Å². The van der Waals surface area contributed by atoms with E-state index in [1.807, 2.05) is 0 Å². The van der Waals surface area contributed by atoms with Crippen molar-refractivity contribution >= 4 is 5.97 Å². The highest BCUT2D eigenvalue weighted by Gasteiger charge is 2.61. The third-order valence-corrected chi connectivity index (χ3v) is 3.54. The molecule has 1 rings (SSSR count). The molecule has 0 heterocycles. The molecule has 0 aliphatic heterocycles. The normalized spacial score (nSPS) is 32.2. The Bertz CT molecular complexity index is 201. The van der Waals surface area contributed by atoms with E-state index in [0.29, 0.717) is 18.4 Å². The molecule has 0 aromatic rings. The molecule has 76 valence electrons. The summed E-state index contributed by atoms with van der Waals surface area (Å²) in [6.07, 6.45) is 2.91. The van der Waals surface area contributed by atoms with Crippen LogP contribution in [0.2, 0.25) is 0 Å². The van der Waals surface area contributed by atoms with Crippen molar-refractivity contribution in [3.8, 4) is 0 Å². The molecule has 1 aliphatic carbocycles. The molecular formula is C10H19NO2. The van der Waals surface area contributed by atoms with E-state index in [1.165, 1.54) is 0 Å². The van der Waals surface area contributed by atoms with E-state index in [-0.39, 0.29) is 0 Å². The van der Waals surface area contributed by atoms with E-state index >= 15 is 0 Å². The van der Waals surface area contributed by atoms with Crippen LogP contribution >= 0.6 is 0 Å². The van der Waals surface area contributed by atoms with Gasteiger partial charge < -0.3 is 10.8 Å². The second-order valence-electron chi connectivity index (χ2n) is 4.05. The van der Waals surface area contributed by atoms with Gasteiger partial charge in [0.1, 0.15) is 0 Å². The molecule has 0 spiro atoms. The average molecular weight is 185 g/mol. The summed E-state index contributed by atoms with van der Waals surface area (Å²) in [7, 11) is 0. The van der Waals surface area contributed by atoms with Gasteiger partial charge in [0.25, 0.3) is 0 Å². The molecule has 1 aliphatic rings. The first-order chi connectivity index (χ1) is 6.12. The lowest BCUT2D eigenvalue weighted by atomic mass is 9.91. The molecule has 0 radical (unpaired) electrons. The number of hydrogen-bond acceptors (Lipinski definition) is 2. The summed E-state index contributed by atoms with van der Waals surface area (Å²) < 4.78 is 0. The summed E-state index contributed by atoms with van der Waals surface area (Å²) in [5, 5.41) is 9.03. The van der Waals surface area contributed by atoms with Crippen molar-refractivity contribution in [1.82, 2.24) is 0 Å². The third kappa shape index (κ3) is 1.57. The van der Waals surface area contributed by atoms with Gasteiger partial charge in [0.2, 0.25) is 0 Å². The van der Waals surface area contributed by atoms with Crippen molar-refractivity contribution in [2.45, 2.75) is 33.1 Å². The fourth-order valence-electron chi connectivity index (χ4n) is 2.38. The zero-order valence-electron chi connectivity index (χ0n) is 8.42. The van der Waals surface area contributed by atoms with Gasteiger partial charge in [-0.05, 0) is 18.3 Å². The zero-order chi connectivity index (χ0) is 10.1. The topological polar surface area (TPSA) is 63.3 Å². The molecule has 3 nitrogen and oxygen atoms in total. The number of nitrogens with two attached hydrogens (primary N) is 1. The summed E-state index contributed by atoms with van der Waals surface area (Å²) in [5.41, 5.74) is 4.95. The maximum absolute atomic E-state index is 11.0. The van der Waals surface area contributed by atoms with Crippen LogP contribution in [0.1, 0.15) is 33.1 Å². The van der Waals surface area contributed by atoms with Gasteiger partial charge in [0.15, 0.2) is 0 Å². The first kappa shape index (κ1) is 10.5. The fraction of sp³-hybridized carbons (Fsp3) is 0.900. The Kier molecular flexibility index (Phi) is 2.96. The number of carbonyl (C=O) groups is 1. The predicted molar refractivity (Wildman–Crippen MR) is 51.3 cm³/mol. The van der Waals surface area contributed by atoms with Crippen molar-refractivity contribution in [1.29, 1.82) is 0 Å². The zero-order valence-corrected chi connectivity index (χ0v) is 8.42. The second kappa shape index (κ2) is 3.66. The maximum Gasteiger partial charge on any atom is 0.311 e. The summed E-state index contributed by atoms with van der Waals surface area (Å²) in [5.74, 6) is 0.163. The molecule has 0 aromatic carbocycles. The third-order valence-electron chi connectivity index (χ3n) is 3.54. The van der Waals surface area contributed by atoms with E-state index in [9.17, 15) is 4.79 Å². The van der Waals surface area contributed by atoms with Crippen LogP contribution in [0.25, 0.3) is 0 Å². The van der Waals surface area contributed by atoms with E-state index in [0.717, 1.165) is 19.3 Å². The number of carboxylic acids is 1. The van der Waals surface area contributed by atoms with Crippen LogP contribution in [-0.2, 0) is 4.79 Å². The van der Waals surface area contributed by atoms with Gasteiger partial charge in [-0.15, -0.1) is 0 Å². The lowest BCUT2D eigenvalue weighted by molar-refractivity contribution is -0.143. The Morgan fingerprint density at radius 2 is 2.15 bits per heavy atom. The van der Waals surface area contributed by atoms with Gasteiger partial charge in [-0.2, -0.15) is 0 Å². The van der Waals surface area contributed by atoms with Gasteiger partial charge in [-0.3, -0.25) is 4.79 Å². The van der Waals surface area contributed by atoms with Crippen LogP contribution < -0.4 is 5.73 Å². The van der Waals surface area contributed by atoms with Crippen molar-refractivity contribution in [2.75, 3.05) is 6.54 Å². The van der Waals surface area contributed by atoms with Gasteiger partial charge in [0.05, 0.1) is 5.41 Å². The minimum atomic E-state index is -0.702. The standard InChI is InChI=1S/C10H19NO2/c1-3-7(4-2)8-5-10(8,6-11)9(12)13/h7-8H,3-6,11H2,1-2H3,(H,12,13)/t8-,10+/m1/s1. The molecule has 1 fully saturated rings. The van der Waals surface area contributed by atoms with Gasteiger partial charge in [0, 0.05) is 6.54 Å². The molecule has 0 saturated heterocycles. The Balaban J connectivity index is 2.63. The Morgan fingerprint density at radius 3 is 2.38 bits per heavy atom. The highest BCUT2D eigenvalue weighted by atomic mass is 16.4. The van der Waals surface area contributed by atoms with E-state index in [4.69, 9.17) is 10.8 Å². The quantitative estimate of drug-likeness (QED) is 0.681. The molecule has 2 atom stereocenters. The van der Waals surface area contributed by atoms with Crippen molar-refractivity contribution in [3.63, 3.8) is 0 Å². The summed E-state index contributed by atoms with van der Waals surface area (Å²) in [4.78, 5) is 11.0. The van der Waals surface area contributed by atoms with Gasteiger partial charge in [-0.25, -0.2) is 0 Å². The minimum absolute atomic E-state index is 0.295. The molecule has 0 unspecified atom stereocenters. The van der Waals surface area contributed by atoms with Crippen molar-refractivity contribution in [3.05, 3.63) is 0 Å². The fourth-order valence-corrected chi connectivity index (χ4v) is 2.38. The molecule has 3 heteroatoms. The first-order valence-corrected chi connectivity index (χ1v) is 5.05. The van der Waals surface area contributed by atoms with E-state index in [1.54, 1.807) is 0 Å². The monoisotopic (exact) mass is 185 g/mol. The van der Waals surface area contributed by atoms with Crippen LogP contribution in [0.3, 0.4) is 0 Å². The van der Waals surface area contributed by atoms with Gasteiger partial charge >= 0.3 is 5.97 Å². The summed E-state index contributed by atoms with van der Waals surface area (Å²) in [6.45, 7) is 4.54. The lowest BCUT2D eigenvalue weighted by Crippen LogP contribution is -2.28. The highest BCUT2D eigenvalue weighted by Crippen LogP contribution is 2.57. The summed E-state index contributed by atoms with van der Waals surface area (Å²) in [6, 6.07) is 0. The van der Waals surface area contributed by atoms with Crippen molar-refractivity contribution < 1.29 is 9.90 Å². The first-order valence-electron chi connectivity index (χ1n) is 5.05. The van der Waals surface area contributed by atoms with Crippen LogP contribution in [0.15, 0.2) is 0 Å². The predicted octanol–water partition coefficient (Wildman–Crippen LogP) is 1.47. The lowest BCUT2D eigenvalue weighted by Gasteiger charge is -2.15. The largest absolute Gasteiger partial charge is 0.481 e. The maximum atomic E-state index is 11.0. The highest BCUT2D eigenvalue weighted by molar-refractivity contribution is 5.79. The number of carboxylic acid groups (broad SMARTS) is 1. The molecule has 0 aromatic heterocycles. The number of rotatable bonds is 5. The SMILES string of the molecule is CCC(CC)[C@H]1C[C@@]1(CN)C(=O)O. The van der Waals surface area contributed by atoms with Gasteiger partial charge in [-0.1, -0.05) is 26.7 Å². The molecule has 1 saturated carbocycles. The van der Waals surface area contributed by atoms with Crippen molar-refractivity contribution in [2.24, 2.45) is 23.0 Å². The second-order valence-corrected chi connectivity index (χ2v) is 4.05. The Morgan fingerprint density at radius 1 is 1.62 bits per heavy atom. The molecule has 13 heavy (non-hydrogen) atoms. The molecule has 0 amide bonds.